The van der Waals surface area contributed by atoms with E-state index in [1.807, 2.05) is 12.1 Å². The fourth-order valence-electron chi connectivity index (χ4n) is 2.05. The lowest BCUT2D eigenvalue weighted by molar-refractivity contribution is -0.881. The molecule has 0 saturated heterocycles. The van der Waals surface area contributed by atoms with Crippen LogP contribution >= 0.6 is 0 Å². The van der Waals surface area contributed by atoms with Crippen LogP contribution in [-0.4, -0.2) is 16.7 Å². The molecule has 3 rings (SSSR count). The first kappa shape index (κ1) is 11.5. The number of nitrogens with one attached hydrogen (secondary N) is 1. The molecule has 6 heteroatoms. The zero-order valence-electron chi connectivity index (χ0n) is 10.1. The van der Waals surface area contributed by atoms with Crippen molar-refractivity contribution in [1.29, 1.82) is 0 Å². The molecular weight excluding hydrogens is 249 g/mol. The van der Waals surface area contributed by atoms with Gasteiger partial charge in [0.1, 0.15) is 7.11 Å². The number of rotatable bonds is 2. The first-order valence-corrected chi connectivity index (χ1v) is 5.66. The van der Waals surface area contributed by atoms with Crippen molar-refractivity contribution in [3.8, 4) is 5.82 Å². The van der Waals surface area contributed by atoms with Crippen LogP contribution in [0.15, 0.2) is 47.4 Å². The first-order valence-electron chi connectivity index (χ1n) is 5.66. The molecule has 0 bridgehead atoms. The van der Waals surface area contributed by atoms with Crippen LogP contribution in [0.3, 0.4) is 0 Å². The van der Waals surface area contributed by atoms with E-state index in [2.05, 4.69) is 4.98 Å². The Kier molecular flexibility index (Phi) is 2.56. The molecule has 2 heterocycles. The molecule has 0 unspecified atom stereocenters. The lowest BCUT2D eigenvalue weighted by Gasteiger charge is -2.02. The smallest absolute Gasteiger partial charge is 0.339 e. The Bertz CT molecular complexity index is 807. The summed E-state index contributed by atoms with van der Waals surface area (Å²) in [5.74, 6) is -0.0233. The van der Waals surface area contributed by atoms with E-state index in [9.17, 15) is 9.18 Å². The van der Waals surface area contributed by atoms with Crippen molar-refractivity contribution in [1.82, 2.24) is 9.55 Å². The number of hydrogen-bond donors (Lipinski definition) is 1. The van der Waals surface area contributed by atoms with Gasteiger partial charge >= 0.3 is 11.5 Å². The van der Waals surface area contributed by atoms with Gasteiger partial charge in [-0.1, -0.05) is 12.1 Å². The Hall–Kier alpha value is -2.63. The van der Waals surface area contributed by atoms with Crippen molar-refractivity contribution in [3.05, 3.63) is 58.9 Å². The number of nitrogens with zero attached hydrogens (tertiary/aromatic N) is 2. The Morgan fingerprint density at radius 1 is 1.26 bits per heavy atom. The number of H-pyrrole nitrogens is 1. The van der Waals surface area contributed by atoms with Gasteiger partial charge in [0.25, 0.3) is 0 Å². The third kappa shape index (κ3) is 1.77. The summed E-state index contributed by atoms with van der Waals surface area (Å²) >= 11 is 0. The molecule has 19 heavy (non-hydrogen) atoms. The van der Waals surface area contributed by atoms with Crippen LogP contribution in [0, 0.1) is 5.82 Å². The monoisotopic (exact) mass is 260 g/mol. The minimum Gasteiger partial charge on any atom is -0.339 e. The minimum absolute atomic E-state index is 0.307. The summed E-state index contributed by atoms with van der Waals surface area (Å²) in [6.45, 7) is 0. The van der Waals surface area contributed by atoms with Crippen LogP contribution in [-0.2, 0) is 0 Å². The molecule has 1 aromatic carbocycles. The lowest BCUT2D eigenvalue weighted by Crippen LogP contribution is -2.46. The molecule has 0 saturated carbocycles. The Balaban J connectivity index is 2.36. The van der Waals surface area contributed by atoms with Crippen molar-refractivity contribution >= 4 is 11.0 Å². The molecule has 0 radical (unpaired) electrons. The number of aromatic nitrogens is 3. The molecule has 0 fully saturated rings. The highest BCUT2D eigenvalue weighted by atomic mass is 19.1. The highest BCUT2D eigenvalue weighted by molar-refractivity contribution is 5.76. The van der Waals surface area contributed by atoms with Gasteiger partial charge in [0, 0.05) is 6.07 Å². The molecule has 0 aliphatic rings. The van der Waals surface area contributed by atoms with E-state index in [0.717, 1.165) is 0 Å². The van der Waals surface area contributed by atoms with E-state index < -0.39 is 5.82 Å². The van der Waals surface area contributed by atoms with Crippen molar-refractivity contribution in [2.24, 2.45) is 0 Å². The summed E-state index contributed by atoms with van der Waals surface area (Å²) in [5, 5.41) is 0. The molecule has 3 aromatic rings. The molecule has 0 atom stereocenters. The number of fused-ring (bicyclic) bond motifs is 1. The average molecular weight is 260 g/mol. The van der Waals surface area contributed by atoms with Gasteiger partial charge in [-0.15, -0.1) is 4.57 Å². The van der Waals surface area contributed by atoms with Crippen LogP contribution in [0.4, 0.5) is 4.39 Å². The molecule has 0 spiro atoms. The number of aromatic amines is 1. The molecule has 0 aliphatic carbocycles. The second kappa shape index (κ2) is 4.24. The molecule has 0 amide bonds. The fraction of sp³-hybridized carbons (Fsp3) is 0.0769. The molecule has 5 nitrogen and oxygen atoms in total. The number of halogens is 1. The Morgan fingerprint density at radius 2 is 2.05 bits per heavy atom. The first-order chi connectivity index (χ1) is 9.20. The zero-order chi connectivity index (χ0) is 13.4. The van der Waals surface area contributed by atoms with Gasteiger partial charge in [-0.3, -0.25) is 4.98 Å². The predicted molar refractivity (Wildman–Crippen MR) is 66.6 cm³/mol. The third-order valence-corrected chi connectivity index (χ3v) is 2.87. The predicted octanol–water partition coefficient (Wildman–Crippen LogP) is 0.804. The maximum Gasteiger partial charge on any atom is 0.418 e. The van der Waals surface area contributed by atoms with Gasteiger partial charge in [-0.2, -0.15) is 0 Å². The number of benzene rings is 1. The van der Waals surface area contributed by atoms with Crippen molar-refractivity contribution in [2.75, 3.05) is 7.11 Å². The molecule has 2 aromatic heterocycles. The van der Waals surface area contributed by atoms with E-state index in [0.29, 0.717) is 16.9 Å². The maximum atomic E-state index is 13.2. The van der Waals surface area contributed by atoms with Gasteiger partial charge in [0.2, 0.25) is 0 Å². The fourth-order valence-corrected chi connectivity index (χ4v) is 2.05. The quantitative estimate of drug-likeness (QED) is 0.693. The SMILES string of the molecule is CO[n+]1cc(F)ccc1-n1c(=O)[nH]c2ccccc21. The molecule has 0 aliphatic heterocycles. The van der Waals surface area contributed by atoms with E-state index in [1.165, 1.54) is 34.7 Å². The Labute approximate surface area is 107 Å². The van der Waals surface area contributed by atoms with Gasteiger partial charge in [-0.05, 0) is 22.9 Å². The standard InChI is InChI=1S/C13H10FN3O2/c1-19-16-8-9(14)6-7-12(16)17-11-5-3-2-4-10(11)15-13(17)18/h2-8H,1H3/p+1. The van der Waals surface area contributed by atoms with Gasteiger partial charge in [-0.25, -0.2) is 9.18 Å². The highest BCUT2D eigenvalue weighted by Crippen LogP contribution is 2.12. The van der Waals surface area contributed by atoms with E-state index >= 15 is 0 Å². The van der Waals surface area contributed by atoms with Gasteiger partial charge in [0.05, 0.1) is 5.52 Å². The van der Waals surface area contributed by atoms with Gasteiger partial charge in [0.15, 0.2) is 17.5 Å². The van der Waals surface area contributed by atoms with Crippen molar-refractivity contribution < 1.29 is 14.0 Å². The normalized spacial score (nSPS) is 10.8. The zero-order valence-corrected chi connectivity index (χ0v) is 10.1. The lowest BCUT2D eigenvalue weighted by atomic mass is 10.3. The minimum atomic E-state index is -0.446. The van der Waals surface area contributed by atoms with Crippen LogP contribution in [0.5, 0.6) is 0 Å². The molecular formula is C13H11FN3O2+. The maximum absolute atomic E-state index is 13.2. The Morgan fingerprint density at radius 3 is 2.84 bits per heavy atom. The summed E-state index contributed by atoms with van der Waals surface area (Å²) in [7, 11) is 1.41. The van der Waals surface area contributed by atoms with Crippen molar-refractivity contribution in [2.45, 2.75) is 0 Å². The molecule has 1 N–H and O–H groups in total. The topological polar surface area (TPSA) is 50.9 Å². The second-order valence-corrected chi connectivity index (χ2v) is 4.00. The summed E-state index contributed by atoms with van der Waals surface area (Å²) in [6, 6.07) is 10.0. The largest absolute Gasteiger partial charge is 0.418 e. The number of pyridine rings is 1. The van der Waals surface area contributed by atoms with Gasteiger partial charge < -0.3 is 4.84 Å². The molecule has 96 valence electrons. The summed E-state index contributed by atoms with van der Waals surface area (Å²) in [6.07, 6.45) is 1.17. The van der Waals surface area contributed by atoms with Crippen LogP contribution in [0.2, 0.25) is 0 Å². The van der Waals surface area contributed by atoms with Crippen molar-refractivity contribution in [3.63, 3.8) is 0 Å². The second-order valence-electron chi connectivity index (χ2n) is 4.00. The average Bonchev–Trinajstić information content (AvgIpc) is 2.74. The summed E-state index contributed by atoms with van der Waals surface area (Å²) in [5.41, 5.74) is 1.10. The summed E-state index contributed by atoms with van der Waals surface area (Å²) in [4.78, 5) is 19.8. The number of para-hydroxylation sites is 2. The van der Waals surface area contributed by atoms with E-state index in [-0.39, 0.29) is 5.69 Å². The summed E-state index contributed by atoms with van der Waals surface area (Å²) < 4.78 is 15.8. The number of hydrogen-bond acceptors (Lipinski definition) is 2. The van der Waals surface area contributed by atoms with Crippen LogP contribution in [0.1, 0.15) is 0 Å². The number of imidazole rings is 1. The van der Waals surface area contributed by atoms with Crippen LogP contribution < -0.4 is 15.3 Å². The highest BCUT2D eigenvalue weighted by Gasteiger charge is 2.21. The van der Waals surface area contributed by atoms with Crippen LogP contribution in [0.25, 0.3) is 16.9 Å². The van der Waals surface area contributed by atoms with E-state index in [4.69, 9.17) is 4.84 Å². The van der Waals surface area contributed by atoms with E-state index in [1.54, 1.807) is 12.1 Å². The third-order valence-electron chi connectivity index (χ3n) is 2.87.